The van der Waals surface area contributed by atoms with Gasteiger partial charge in [-0.1, -0.05) is 12.1 Å². The molecule has 0 saturated carbocycles. The number of rotatable bonds is 5. The van der Waals surface area contributed by atoms with E-state index >= 15 is 0 Å². The lowest BCUT2D eigenvalue weighted by Gasteiger charge is -2.32. The van der Waals surface area contributed by atoms with Crippen LogP contribution >= 0.6 is 11.8 Å². The summed E-state index contributed by atoms with van der Waals surface area (Å²) in [6.07, 6.45) is 3.60. The van der Waals surface area contributed by atoms with Crippen LogP contribution in [0.15, 0.2) is 30.3 Å². The number of ether oxygens (including phenoxy) is 1. The van der Waals surface area contributed by atoms with Crippen molar-refractivity contribution in [3.8, 4) is 17.0 Å². The van der Waals surface area contributed by atoms with Crippen molar-refractivity contribution < 1.29 is 9.53 Å². The topological polar surface area (TPSA) is 50.6 Å². The molecule has 0 aliphatic carbocycles. The summed E-state index contributed by atoms with van der Waals surface area (Å²) < 4.78 is 7.20. The van der Waals surface area contributed by atoms with Crippen LogP contribution in [0.1, 0.15) is 29.8 Å². The third-order valence-electron chi connectivity index (χ3n) is 5.85. The summed E-state index contributed by atoms with van der Waals surface area (Å²) in [6.45, 7) is 4.12. The second kappa shape index (κ2) is 9.22. The molecule has 2 aliphatic rings. The fourth-order valence-electron chi connectivity index (χ4n) is 4.31. The first-order chi connectivity index (χ1) is 14.2. The van der Waals surface area contributed by atoms with E-state index < -0.39 is 0 Å². The third kappa shape index (κ3) is 4.46. The van der Waals surface area contributed by atoms with Crippen LogP contribution in [-0.4, -0.2) is 76.3 Å². The van der Waals surface area contributed by atoms with Gasteiger partial charge < -0.3 is 14.5 Å². The van der Waals surface area contributed by atoms with Gasteiger partial charge in [0.15, 0.2) is 0 Å². The molecule has 0 bridgehead atoms. The van der Waals surface area contributed by atoms with E-state index in [0.29, 0.717) is 5.69 Å². The molecule has 2 aliphatic heterocycles. The lowest BCUT2D eigenvalue weighted by Crippen LogP contribution is -2.48. The molecule has 0 N–H and O–H groups in total. The maximum Gasteiger partial charge on any atom is 0.272 e. The van der Waals surface area contributed by atoms with Crippen molar-refractivity contribution in [1.29, 1.82) is 0 Å². The number of nitrogens with zero attached hydrogens (tertiary/aromatic N) is 4. The summed E-state index contributed by atoms with van der Waals surface area (Å²) in [6, 6.07) is 9.97. The summed E-state index contributed by atoms with van der Waals surface area (Å²) >= 11 is 1.98. The van der Waals surface area contributed by atoms with Crippen molar-refractivity contribution in [2.24, 2.45) is 7.05 Å². The second-order valence-corrected chi connectivity index (χ2v) is 8.98. The molecule has 1 aromatic heterocycles. The number of amides is 1. The van der Waals surface area contributed by atoms with E-state index in [2.05, 4.69) is 14.9 Å². The van der Waals surface area contributed by atoms with Crippen molar-refractivity contribution in [3.63, 3.8) is 0 Å². The average molecular weight is 415 g/mol. The Morgan fingerprint density at radius 2 is 2.00 bits per heavy atom. The Kier molecular flexibility index (Phi) is 6.45. The number of methoxy groups -OCH3 is 1. The lowest BCUT2D eigenvalue weighted by molar-refractivity contribution is 0.0655. The van der Waals surface area contributed by atoms with E-state index in [9.17, 15) is 4.79 Å². The molecule has 29 heavy (non-hydrogen) atoms. The number of benzene rings is 1. The van der Waals surface area contributed by atoms with Crippen molar-refractivity contribution in [2.75, 3.05) is 44.8 Å². The highest BCUT2D eigenvalue weighted by atomic mass is 32.2. The van der Waals surface area contributed by atoms with E-state index in [0.717, 1.165) is 61.1 Å². The average Bonchev–Trinajstić information content (AvgIpc) is 3.32. The Balaban J connectivity index is 1.59. The summed E-state index contributed by atoms with van der Waals surface area (Å²) in [5.74, 6) is 2.99. The highest BCUT2D eigenvalue weighted by molar-refractivity contribution is 7.99. The SMILES string of the molecule is COc1ccccc1-c1cc(C(=O)N2CCCSCC2CN2CCCC2)n(C)n1. The van der Waals surface area contributed by atoms with Gasteiger partial charge >= 0.3 is 0 Å². The van der Waals surface area contributed by atoms with E-state index in [4.69, 9.17) is 4.74 Å². The van der Waals surface area contributed by atoms with Crippen LogP contribution in [0, 0.1) is 0 Å². The fourth-order valence-corrected chi connectivity index (χ4v) is 5.37. The number of likely N-dealkylation sites (tertiary alicyclic amines) is 1. The van der Waals surface area contributed by atoms with Gasteiger partial charge in [0.25, 0.3) is 5.91 Å². The summed E-state index contributed by atoms with van der Waals surface area (Å²) in [5, 5.41) is 4.63. The molecular formula is C22H30N4O2S. The first-order valence-electron chi connectivity index (χ1n) is 10.5. The number of carbonyl (C=O) groups is 1. The predicted octanol–water partition coefficient (Wildman–Crippen LogP) is 3.14. The Labute approximate surface area is 177 Å². The number of para-hydroxylation sites is 1. The van der Waals surface area contributed by atoms with Crippen molar-refractivity contribution in [2.45, 2.75) is 25.3 Å². The van der Waals surface area contributed by atoms with Gasteiger partial charge in [-0.15, -0.1) is 0 Å². The lowest BCUT2D eigenvalue weighted by atomic mass is 10.1. The predicted molar refractivity (Wildman–Crippen MR) is 118 cm³/mol. The van der Waals surface area contributed by atoms with Crippen molar-refractivity contribution in [1.82, 2.24) is 19.6 Å². The van der Waals surface area contributed by atoms with Gasteiger partial charge in [0.1, 0.15) is 11.4 Å². The molecule has 6 nitrogen and oxygen atoms in total. The molecular weight excluding hydrogens is 384 g/mol. The van der Waals surface area contributed by atoms with E-state index in [1.165, 1.54) is 12.8 Å². The summed E-state index contributed by atoms with van der Waals surface area (Å²) in [5.41, 5.74) is 2.32. The van der Waals surface area contributed by atoms with Crippen LogP contribution in [0.5, 0.6) is 5.75 Å². The molecule has 156 valence electrons. The van der Waals surface area contributed by atoms with Crippen LogP contribution in [0.2, 0.25) is 0 Å². The normalized spacial score (nSPS) is 20.6. The van der Waals surface area contributed by atoms with Crippen molar-refractivity contribution >= 4 is 17.7 Å². The van der Waals surface area contributed by atoms with Gasteiger partial charge in [-0.3, -0.25) is 9.48 Å². The second-order valence-electron chi connectivity index (χ2n) is 7.83. The monoisotopic (exact) mass is 414 g/mol. The Morgan fingerprint density at radius 1 is 1.21 bits per heavy atom. The quantitative estimate of drug-likeness (QED) is 0.752. The molecule has 0 spiro atoms. The zero-order chi connectivity index (χ0) is 20.2. The number of aryl methyl sites for hydroxylation is 1. The minimum Gasteiger partial charge on any atom is -0.496 e. The standard InChI is InChI=1S/C22H30N4O2S/c1-24-20(14-19(23-24)18-8-3-4-9-21(18)28-2)22(27)26-12-7-13-29-16-17(26)15-25-10-5-6-11-25/h3-4,8-9,14,17H,5-7,10-13,15-16H2,1-2H3. The number of thioether (sulfide) groups is 1. The number of hydrogen-bond acceptors (Lipinski definition) is 5. The zero-order valence-electron chi connectivity index (χ0n) is 17.3. The number of aromatic nitrogens is 2. The summed E-state index contributed by atoms with van der Waals surface area (Å²) in [4.78, 5) is 18.2. The van der Waals surface area contributed by atoms with Gasteiger partial charge in [0.2, 0.25) is 0 Å². The van der Waals surface area contributed by atoms with Crippen LogP contribution < -0.4 is 4.74 Å². The van der Waals surface area contributed by atoms with Gasteiger partial charge in [-0.25, -0.2) is 0 Å². The largest absolute Gasteiger partial charge is 0.496 e. The van der Waals surface area contributed by atoms with E-state index in [1.807, 2.05) is 49.1 Å². The van der Waals surface area contributed by atoms with E-state index in [-0.39, 0.29) is 11.9 Å². The van der Waals surface area contributed by atoms with Crippen molar-refractivity contribution in [3.05, 3.63) is 36.0 Å². The molecule has 2 saturated heterocycles. The van der Waals surface area contributed by atoms with Gasteiger partial charge in [0.05, 0.1) is 18.8 Å². The highest BCUT2D eigenvalue weighted by Gasteiger charge is 2.30. The van der Waals surface area contributed by atoms with Gasteiger partial charge in [-0.05, 0) is 56.3 Å². The van der Waals surface area contributed by atoms with Crippen LogP contribution in [0.25, 0.3) is 11.3 Å². The molecule has 2 aromatic rings. The van der Waals surface area contributed by atoms with E-state index in [1.54, 1.807) is 11.8 Å². The number of hydrogen-bond donors (Lipinski definition) is 0. The molecule has 2 fully saturated rings. The fraction of sp³-hybridized carbons (Fsp3) is 0.545. The molecule has 7 heteroatoms. The molecule has 1 aromatic carbocycles. The zero-order valence-corrected chi connectivity index (χ0v) is 18.2. The van der Waals surface area contributed by atoms with Crippen LogP contribution in [-0.2, 0) is 7.05 Å². The molecule has 1 unspecified atom stereocenters. The van der Waals surface area contributed by atoms with Gasteiger partial charge in [0, 0.05) is 31.5 Å². The maximum absolute atomic E-state index is 13.6. The molecule has 1 amide bonds. The summed E-state index contributed by atoms with van der Waals surface area (Å²) in [7, 11) is 3.51. The molecule has 0 radical (unpaired) electrons. The molecule has 4 rings (SSSR count). The smallest absolute Gasteiger partial charge is 0.272 e. The highest BCUT2D eigenvalue weighted by Crippen LogP contribution is 2.30. The first-order valence-corrected chi connectivity index (χ1v) is 11.6. The third-order valence-corrected chi connectivity index (χ3v) is 7.05. The van der Waals surface area contributed by atoms with Crippen LogP contribution in [0.3, 0.4) is 0 Å². The molecule has 1 atom stereocenters. The minimum absolute atomic E-state index is 0.0906. The van der Waals surface area contributed by atoms with Crippen LogP contribution in [0.4, 0.5) is 0 Å². The Hall–Kier alpha value is -1.99. The minimum atomic E-state index is 0.0906. The Morgan fingerprint density at radius 3 is 2.79 bits per heavy atom. The Bertz CT molecular complexity index is 847. The molecule has 3 heterocycles. The number of carbonyl (C=O) groups excluding carboxylic acids is 1. The maximum atomic E-state index is 13.6. The van der Waals surface area contributed by atoms with Gasteiger partial charge in [-0.2, -0.15) is 16.9 Å². The first kappa shape index (κ1) is 20.3.